The Morgan fingerprint density at radius 3 is 2.54 bits per heavy atom. The first-order chi connectivity index (χ1) is 16.7. The van der Waals surface area contributed by atoms with Gasteiger partial charge in [0.25, 0.3) is 5.91 Å². The van der Waals surface area contributed by atoms with Crippen LogP contribution in [0.3, 0.4) is 0 Å². The van der Waals surface area contributed by atoms with Gasteiger partial charge in [0.1, 0.15) is 0 Å². The van der Waals surface area contributed by atoms with Crippen LogP contribution in [0, 0.1) is 0 Å². The smallest absolute Gasteiger partial charge is 0.306 e. The maximum absolute atomic E-state index is 12.3. The van der Waals surface area contributed by atoms with Gasteiger partial charge in [-0.05, 0) is 35.4 Å². The molecule has 2 N–H and O–H groups in total. The van der Waals surface area contributed by atoms with Gasteiger partial charge in [0, 0.05) is 49.8 Å². The average Bonchev–Trinajstić information content (AvgIpc) is 3.54. The number of hydrogen-bond acceptors (Lipinski definition) is 7. The fourth-order valence-corrected chi connectivity index (χ4v) is 4.71. The first-order valence-corrected chi connectivity index (χ1v) is 12.7. The Hall–Kier alpha value is -3.87. The zero-order valence-electron chi connectivity index (χ0n) is 18.9. The molecule has 0 saturated carbocycles. The number of amides is 2. The number of nitrogens with zero attached hydrogens (tertiary/aromatic N) is 4. The molecule has 0 radical (unpaired) electrons. The van der Waals surface area contributed by atoms with E-state index in [0.717, 1.165) is 25.0 Å². The molecule has 0 aliphatic rings. The fourth-order valence-electron chi connectivity index (χ4n) is 3.14. The minimum Gasteiger partial charge on any atom is -0.343 e. The molecule has 0 saturated heterocycles. The number of carbonyl (C=O) groups excluding carboxylic acids is 2. The predicted molar refractivity (Wildman–Crippen MR) is 134 cm³/mol. The van der Waals surface area contributed by atoms with Gasteiger partial charge in [-0.1, -0.05) is 18.2 Å². The Bertz CT molecular complexity index is 1460. The number of thiazole rings is 1. The molecule has 2 amide bonds. The maximum atomic E-state index is 12.3. The van der Waals surface area contributed by atoms with Crippen LogP contribution in [0.4, 0.5) is 5.13 Å². The zero-order chi connectivity index (χ0) is 25.0. The van der Waals surface area contributed by atoms with Crippen molar-refractivity contribution in [3.63, 3.8) is 0 Å². The summed E-state index contributed by atoms with van der Waals surface area (Å²) in [5, 5.41) is 7.38. The number of rotatable bonds is 8. The highest BCUT2D eigenvalue weighted by molar-refractivity contribution is 7.87. The van der Waals surface area contributed by atoms with E-state index >= 15 is 0 Å². The first-order valence-electron chi connectivity index (χ1n) is 10.4. The Labute approximate surface area is 206 Å². The van der Waals surface area contributed by atoms with Crippen molar-refractivity contribution in [3.05, 3.63) is 78.2 Å². The van der Waals surface area contributed by atoms with Crippen LogP contribution in [0.5, 0.6) is 0 Å². The van der Waals surface area contributed by atoms with E-state index in [4.69, 9.17) is 0 Å². The first kappa shape index (κ1) is 24.3. The predicted octanol–water partition coefficient (Wildman–Crippen LogP) is 2.70. The third-order valence-electron chi connectivity index (χ3n) is 4.99. The summed E-state index contributed by atoms with van der Waals surface area (Å²) in [6.45, 7) is -0.295. The van der Waals surface area contributed by atoms with E-state index in [1.54, 1.807) is 12.4 Å². The highest BCUT2D eigenvalue weighted by Gasteiger charge is 2.18. The number of hydrogen-bond donors (Lipinski definition) is 2. The minimum atomic E-state index is -3.72. The molecule has 0 aliphatic heterocycles. The lowest BCUT2D eigenvalue weighted by Crippen LogP contribution is -2.33. The van der Waals surface area contributed by atoms with Crippen LogP contribution >= 0.6 is 11.3 Å². The third kappa shape index (κ3) is 5.62. The van der Waals surface area contributed by atoms with Crippen LogP contribution in [0.15, 0.2) is 72.6 Å². The van der Waals surface area contributed by atoms with Crippen molar-refractivity contribution in [2.24, 2.45) is 0 Å². The molecule has 12 heteroatoms. The Morgan fingerprint density at radius 2 is 1.80 bits per heavy atom. The summed E-state index contributed by atoms with van der Waals surface area (Å²) < 4.78 is 26.2. The van der Waals surface area contributed by atoms with Crippen LogP contribution in [-0.4, -0.2) is 59.1 Å². The molecule has 3 heterocycles. The zero-order valence-corrected chi connectivity index (χ0v) is 20.5. The summed E-state index contributed by atoms with van der Waals surface area (Å²) in [5.74, 6) is -1.02. The summed E-state index contributed by atoms with van der Waals surface area (Å²) in [4.78, 5) is 33.1. The molecule has 0 unspecified atom stereocenters. The van der Waals surface area contributed by atoms with E-state index in [9.17, 15) is 18.0 Å². The van der Waals surface area contributed by atoms with Crippen LogP contribution in [0.25, 0.3) is 22.4 Å². The van der Waals surface area contributed by atoms with E-state index < -0.39 is 22.0 Å². The molecule has 4 aromatic rings. The van der Waals surface area contributed by atoms with Gasteiger partial charge in [-0.15, -0.1) is 11.3 Å². The molecular weight excluding hydrogens is 488 g/mol. The van der Waals surface area contributed by atoms with Crippen molar-refractivity contribution in [3.8, 4) is 22.4 Å². The molecule has 180 valence electrons. The molecule has 0 fully saturated rings. The highest BCUT2D eigenvalue weighted by Crippen LogP contribution is 2.28. The summed E-state index contributed by atoms with van der Waals surface area (Å²) in [5.41, 5.74) is 3.80. The van der Waals surface area contributed by atoms with Gasteiger partial charge in [-0.3, -0.25) is 14.6 Å². The number of carbonyl (C=O) groups is 2. The van der Waals surface area contributed by atoms with Crippen molar-refractivity contribution in [2.45, 2.75) is 0 Å². The van der Waals surface area contributed by atoms with E-state index in [-0.39, 0.29) is 12.1 Å². The molecule has 4 rings (SSSR count). The Kier molecular flexibility index (Phi) is 7.05. The number of anilines is 1. The van der Waals surface area contributed by atoms with Gasteiger partial charge in [0.15, 0.2) is 5.13 Å². The van der Waals surface area contributed by atoms with Crippen LogP contribution in [0.1, 0.15) is 10.4 Å². The van der Waals surface area contributed by atoms with Gasteiger partial charge in [-0.25, -0.2) is 8.96 Å². The standard InChI is InChI=1S/C23H22N6O4S2/c1-28(2)35(32,33)29-11-8-19(14-29)22(31)25-13-21(30)27-23-26-20(15-34-23)18-5-3-4-17(12-18)16-6-9-24-10-7-16/h3-12,14-15H,13H2,1-2H3,(H,25,31)(H,26,27,30). The molecule has 10 nitrogen and oxygen atoms in total. The van der Waals surface area contributed by atoms with Crippen molar-refractivity contribution < 1.29 is 18.0 Å². The van der Waals surface area contributed by atoms with E-state index in [1.807, 2.05) is 41.8 Å². The normalized spacial score (nSPS) is 11.4. The van der Waals surface area contributed by atoms with E-state index in [0.29, 0.717) is 10.8 Å². The van der Waals surface area contributed by atoms with Crippen molar-refractivity contribution in [2.75, 3.05) is 26.0 Å². The number of aromatic nitrogens is 3. The summed E-state index contributed by atoms with van der Waals surface area (Å²) >= 11 is 1.27. The Balaban J connectivity index is 1.35. The summed E-state index contributed by atoms with van der Waals surface area (Å²) in [7, 11) is -0.940. The van der Waals surface area contributed by atoms with Crippen molar-refractivity contribution >= 4 is 38.5 Å². The number of nitrogens with one attached hydrogen (secondary N) is 2. The Morgan fingerprint density at radius 1 is 1.06 bits per heavy atom. The number of pyridine rings is 1. The van der Waals surface area contributed by atoms with Gasteiger partial charge in [0.2, 0.25) is 5.91 Å². The lowest BCUT2D eigenvalue weighted by atomic mass is 10.0. The SMILES string of the molecule is CN(C)S(=O)(=O)n1ccc(C(=O)NCC(=O)Nc2nc(-c3cccc(-c4ccncc4)c3)cs2)c1. The molecule has 0 aliphatic carbocycles. The fraction of sp³-hybridized carbons (Fsp3) is 0.130. The maximum Gasteiger partial charge on any atom is 0.306 e. The van der Waals surface area contributed by atoms with Crippen LogP contribution in [-0.2, 0) is 15.0 Å². The van der Waals surface area contributed by atoms with Crippen LogP contribution < -0.4 is 10.6 Å². The van der Waals surface area contributed by atoms with Gasteiger partial charge >= 0.3 is 10.2 Å². The largest absolute Gasteiger partial charge is 0.343 e. The molecule has 0 spiro atoms. The molecule has 1 aromatic carbocycles. The molecule has 3 aromatic heterocycles. The topological polar surface area (TPSA) is 126 Å². The second-order valence-electron chi connectivity index (χ2n) is 7.61. The van der Waals surface area contributed by atoms with Gasteiger partial charge in [0.05, 0.1) is 17.8 Å². The van der Waals surface area contributed by atoms with E-state index in [1.165, 1.54) is 43.9 Å². The molecule has 35 heavy (non-hydrogen) atoms. The monoisotopic (exact) mass is 510 g/mol. The average molecular weight is 511 g/mol. The second-order valence-corrected chi connectivity index (χ2v) is 10.5. The van der Waals surface area contributed by atoms with Gasteiger partial charge in [-0.2, -0.15) is 12.7 Å². The van der Waals surface area contributed by atoms with Crippen molar-refractivity contribution in [1.29, 1.82) is 0 Å². The molecule has 0 atom stereocenters. The van der Waals surface area contributed by atoms with Crippen LogP contribution in [0.2, 0.25) is 0 Å². The summed E-state index contributed by atoms with van der Waals surface area (Å²) in [6.07, 6.45) is 5.93. The quantitative estimate of drug-likeness (QED) is 0.375. The van der Waals surface area contributed by atoms with Gasteiger partial charge < -0.3 is 10.6 Å². The molecule has 0 bridgehead atoms. The molecular formula is C23H22N6O4S2. The summed E-state index contributed by atoms with van der Waals surface area (Å²) in [6, 6.07) is 13.1. The lowest BCUT2D eigenvalue weighted by molar-refractivity contribution is -0.115. The number of benzene rings is 1. The third-order valence-corrected chi connectivity index (χ3v) is 7.43. The lowest BCUT2D eigenvalue weighted by Gasteiger charge is -2.11. The van der Waals surface area contributed by atoms with E-state index in [2.05, 4.69) is 20.6 Å². The minimum absolute atomic E-state index is 0.119. The second kappa shape index (κ2) is 10.2. The van der Waals surface area contributed by atoms with Crippen molar-refractivity contribution in [1.82, 2.24) is 23.6 Å². The highest BCUT2D eigenvalue weighted by atomic mass is 32.2.